The predicted octanol–water partition coefficient (Wildman–Crippen LogP) is 6.36. The highest BCUT2D eigenvalue weighted by atomic mass is 79.9. The summed E-state index contributed by atoms with van der Waals surface area (Å²) >= 11 is 6.65. The van der Waals surface area contributed by atoms with E-state index in [-0.39, 0.29) is 34.4 Å². The molecule has 0 heterocycles. The lowest BCUT2D eigenvalue weighted by atomic mass is 10.1. The number of nitrogens with zero attached hydrogens (tertiary/aromatic N) is 2. The number of aliphatic hydroxyl groups excluding tert-OH is 2. The van der Waals surface area contributed by atoms with Gasteiger partial charge in [-0.25, -0.2) is 0 Å². The highest BCUT2D eigenvalue weighted by Gasteiger charge is 2.25. The predicted molar refractivity (Wildman–Crippen MR) is 154 cm³/mol. The Balaban J connectivity index is 0.000000211. The van der Waals surface area contributed by atoms with Gasteiger partial charge in [-0.3, -0.25) is 20.2 Å². The lowest BCUT2D eigenvalue weighted by molar-refractivity contribution is -0.384. The van der Waals surface area contributed by atoms with Crippen molar-refractivity contribution in [2.45, 2.75) is 38.5 Å². The van der Waals surface area contributed by atoms with Gasteiger partial charge in [0.15, 0.2) is 0 Å². The average Bonchev–Trinajstić information content (AvgIpc) is 3.55. The Morgan fingerprint density at radius 3 is 1.39 bits per heavy atom. The first kappa shape index (κ1) is 30.3. The Bertz CT molecular complexity index is 1020. The second kappa shape index (κ2) is 14.8. The largest absolute Gasteiger partial charge is 0.396 e. The van der Waals surface area contributed by atoms with Crippen molar-refractivity contribution in [1.82, 2.24) is 0 Å². The molecule has 2 aromatic rings. The highest BCUT2D eigenvalue weighted by Crippen LogP contribution is 2.34. The minimum Gasteiger partial charge on any atom is -0.396 e. The maximum absolute atomic E-state index is 10.9. The molecule has 2 saturated carbocycles. The van der Waals surface area contributed by atoms with E-state index in [4.69, 9.17) is 10.2 Å². The summed E-state index contributed by atoms with van der Waals surface area (Å²) in [7, 11) is 0. The molecule has 0 spiro atoms. The molecule has 4 N–H and O–H groups in total. The van der Waals surface area contributed by atoms with Gasteiger partial charge in [-0.1, -0.05) is 31.9 Å². The topological polar surface area (TPSA) is 151 Å². The molecule has 0 unspecified atom stereocenters. The van der Waals surface area contributed by atoms with Crippen LogP contribution in [0.15, 0.2) is 45.3 Å². The maximum atomic E-state index is 10.9. The first-order valence-electron chi connectivity index (χ1n) is 12.8. The zero-order valence-electron chi connectivity index (χ0n) is 21.0. The molecule has 10 nitrogen and oxygen atoms in total. The SMILES string of the molecule is O=[N+]([O-])c1ccc(Br)cc1NC[C@@H]1CC[C@H](CO)C1.O=[N+]([O-])c1ccc(Br)cc1NC[C@H]1CC[C@@H](CO)C1. The molecule has 38 heavy (non-hydrogen) atoms. The monoisotopic (exact) mass is 656 g/mol. The smallest absolute Gasteiger partial charge is 0.292 e. The fourth-order valence-electron chi connectivity index (χ4n) is 5.19. The summed E-state index contributed by atoms with van der Waals surface area (Å²) < 4.78 is 1.64. The van der Waals surface area contributed by atoms with Crippen molar-refractivity contribution in [3.05, 3.63) is 65.6 Å². The van der Waals surface area contributed by atoms with Gasteiger partial charge in [0.25, 0.3) is 11.4 Å². The van der Waals surface area contributed by atoms with Crippen LogP contribution in [0.25, 0.3) is 0 Å². The standard InChI is InChI=1S/2C13H17BrN2O3/c2*14-11-3-4-13(16(18)19)12(6-11)15-7-9-1-2-10(5-9)8-17/h2*3-4,6,9-10,15,17H,1-2,5,7-8H2/t2*9-,10+/m10/s1. The van der Waals surface area contributed by atoms with E-state index in [0.717, 1.165) is 47.5 Å². The van der Waals surface area contributed by atoms with E-state index in [1.165, 1.54) is 12.1 Å². The van der Waals surface area contributed by atoms with Crippen LogP contribution in [0.5, 0.6) is 0 Å². The van der Waals surface area contributed by atoms with Gasteiger partial charge in [0.05, 0.1) is 9.85 Å². The van der Waals surface area contributed by atoms with Gasteiger partial charge in [-0.2, -0.15) is 0 Å². The van der Waals surface area contributed by atoms with Crippen LogP contribution < -0.4 is 10.6 Å². The van der Waals surface area contributed by atoms with Crippen LogP contribution >= 0.6 is 31.9 Å². The first-order valence-corrected chi connectivity index (χ1v) is 14.4. The number of hydrogen-bond acceptors (Lipinski definition) is 8. The summed E-state index contributed by atoms with van der Waals surface area (Å²) in [4.78, 5) is 21.1. The summed E-state index contributed by atoms with van der Waals surface area (Å²) in [6.07, 6.45) is 6.21. The number of rotatable bonds is 10. The second-order valence-corrected chi connectivity index (χ2v) is 11.9. The molecule has 0 bridgehead atoms. The molecule has 0 amide bonds. The second-order valence-electron chi connectivity index (χ2n) is 10.1. The zero-order chi connectivity index (χ0) is 27.7. The van der Waals surface area contributed by atoms with E-state index in [0.29, 0.717) is 48.1 Å². The molecule has 208 valence electrons. The summed E-state index contributed by atoms with van der Waals surface area (Å²) in [5.41, 5.74) is 1.29. The van der Waals surface area contributed by atoms with Crippen molar-refractivity contribution in [2.75, 3.05) is 36.9 Å². The van der Waals surface area contributed by atoms with Crippen LogP contribution in [-0.2, 0) is 0 Å². The number of nitro groups is 2. The van der Waals surface area contributed by atoms with Gasteiger partial charge >= 0.3 is 0 Å². The molecular formula is C26H34Br2N4O6. The molecule has 12 heteroatoms. The molecule has 2 aliphatic rings. The van der Waals surface area contributed by atoms with Gasteiger partial charge in [0, 0.05) is 47.4 Å². The third kappa shape index (κ3) is 8.89. The number of nitro benzene ring substituents is 2. The molecule has 4 rings (SSSR count). The lowest BCUT2D eigenvalue weighted by Crippen LogP contribution is -2.13. The fourth-order valence-corrected chi connectivity index (χ4v) is 5.91. The Hall–Kier alpha value is -2.28. The van der Waals surface area contributed by atoms with Crippen LogP contribution in [0.2, 0.25) is 0 Å². The fraction of sp³-hybridized carbons (Fsp3) is 0.538. The van der Waals surface area contributed by atoms with Gasteiger partial charge in [-0.15, -0.1) is 0 Å². The van der Waals surface area contributed by atoms with Crippen molar-refractivity contribution < 1.29 is 20.1 Å². The van der Waals surface area contributed by atoms with Gasteiger partial charge in [0.1, 0.15) is 11.4 Å². The Labute approximate surface area is 238 Å². The number of hydrogen-bond donors (Lipinski definition) is 4. The average molecular weight is 658 g/mol. The van der Waals surface area contributed by atoms with E-state index in [1.807, 2.05) is 0 Å². The normalized spacial score (nSPS) is 22.4. The number of aliphatic hydroxyl groups is 2. The third-order valence-corrected chi connectivity index (χ3v) is 8.28. The number of halogens is 2. The van der Waals surface area contributed by atoms with E-state index < -0.39 is 0 Å². The summed E-state index contributed by atoms with van der Waals surface area (Å²) in [5.74, 6) is 1.75. The maximum Gasteiger partial charge on any atom is 0.292 e. The quantitative estimate of drug-likeness (QED) is 0.170. The molecule has 0 saturated heterocycles. The van der Waals surface area contributed by atoms with E-state index in [1.54, 1.807) is 24.3 Å². The number of anilines is 2. The molecule has 2 fully saturated rings. The Kier molecular flexibility index (Phi) is 11.8. The minimum absolute atomic E-state index is 0.0971. The lowest BCUT2D eigenvalue weighted by Gasteiger charge is -2.13. The van der Waals surface area contributed by atoms with E-state index in [2.05, 4.69) is 42.5 Å². The highest BCUT2D eigenvalue weighted by molar-refractivity contribution is 9.10. The zero-order valence-corrected chi connectivity index (χ0v) is 24.2. The number of nitrogens with one attached hydrogen (secondary N) is 2. The molecule has 0 aromatic heterocycles. The van der Waals surface area contributed by atoms with Crippen molar-refractivity contribution in [3.8, 4) is 0 Å². The Morgan fingerprint density at radius 1 is 0.711 bits per heavy atom. The molecule has 2 aromatic carbocycles. The Morgan fingerprint density at radius 2 is 1.08 bits per heavy atom. The third-order valence-electron chi connectivity index (χ3n) is 7.29. The molecular weight excluding hydrogens is 624 g/mol. The van der Waals surface area contributed by atoms with Crippen molar-refractivity contribution in [2.24, 2.45) is 23.7 Å². The van der Waals surface area contributed by atoms with Crippen LogP contribution in [0.4, 0.5) is 22.7 Å². The van der Waals surface area contributed by atoms with Crippen LogP contribution in [0.1, 0.15) is 38.5 Å². The van der Waals surface area contributed by atoms with Crippen molar-refractivity contribution >= 4 is 54.6 Å². The van der Waals surface area contributed by atoms with Crippen molar-refractivity contribution in [1.29, 1.82) is 0 Å². The van der Waals surface area contributed by atoms with Gasteiger partial charge < -0.3 is 20.8 Å². The molecule has 2 aliphatic carbocycles. The van der Waals surface area contributed by atoms with Gasteiger partial charge in [0.2, 0.25) is 0 Å². The summed E-state index contributed by atoms with van der Waals surface area (Å²) in [6.45, 7) is 1.92. The van der Waals surface area contributed by atoms with Crippen LogP contribution in [-0.4, -0.2) is 46.4 Å². The summed E-state index contributed by atoms with van der Waals surface area (Å²) in [6, 6.07) is 9.80. The van der Waals surface area contributed by atoms with E-state index in [9.17, 15) is 20.2 Å². The molecule has 4 atom stereocenters. The molecule has 0 aliphatic heterocycles. The number of benzene rings is 2. The van der Waals surface area contributed by atoms with E-state index >= 15 is 0 Å². The molecule has 0 radical (unpaired) electrons. The van der Waals surface area contributed by atoms with Gasteiger partial charge in [-0.05, 0) is 86.5 Å². The minimum atomic E-state index is -0.375. The summed E-state index contributed by atoms with van der Waals surface area (Å²) in [5, 5.41) is 46.4. The van der Waals surface area contributed by atoms with Crippen LogP contribution in [0.3, 0.4) is 0 Å². The van der Waals surface area contributed by atoms with Crippen molar-refractivity contribution in [3.63, 3.8) is 0 Å². The first-order chi connectivity index (χ1) is 18.2. The van der Waals surface area contributed by atoms with Crippen LogP contribution in [0, 0.1) is 43.9 Å².